The number of anilines is 1. The third-order valence-corrected chi connectivity index (χ3v) is 5.59. The molecule has 0 bridgehead atoms. The summed E-state index contributed by atoms with van der Waals surface area (Å²) >= 11 is 3.39. The monoisotopic (exact) mass is 416 g/mol. The fraction of sp³-hybridized carbons (Fsp3) is 0.545. The Morgan fingerprint density at radius 1 is 1.54 bits per heavy atom. The van der Waals surface area contributed by atoms with Crippen molar-refractivity contribution >= 4 is 48.3 Å². The second-order valence-corrected chi connectivity index (χ2v) is 7.68. The van der Waals surface area contributed by atoms with Crippen LogP contribution in [0.4, 0.5) is 5.82 Å². The second kappa shape index (κ2) is 5.84. The molecule has 0 aliphatic carbocycles. The molecule has 24 heavy (non-hydrogen) atoms. The predicted octanol–water partition coefficient (Wildman–Crippen LogP) is 0.337. The van der Waals surface area contributed by atoms with Crippen LogP contribution in [-0.4, -0.2) is 64.0 Å². The van der Waals surface area contributed by atoms with Crippen LogP contribution in [0.2, 0.25) is 0 Å². The van der Waals surface area contributed by atoms with Crippen molar-refractivity contribution in [2.24, 2.45) is 0 Å². The van der Waals surface area contributed by atoms with Gasteiger partial charge in [0.2, 0.25) is 0 Å². The van der Waals surface area contributed by atoms with E-state index in [9.17, 15) is 4.89 Å². The molecule has 5 atom stereocenters. The minimum Gasteiger partial charge on any atom is -0.382 e. The zero-order valence-corrected chi connectivity index (χ0v) is 14.9. The molecular weight excluding hydrogens is 404 g/mol. The van der Waals surface area contributed by atoms with Gasteiger partial charge in [-0.15, -0.1) is 0 Å². The van der Waals surface area contributed by atoms with E-state index >= 15 is 0 Å². The lowest BCUT2D eigenvalue weighted by molar-refractivity contribution is -0.0625. The molecule has 2 aromatic heterocycles. The molecule has 4 rings (SSSR count). The van der Waals surface area contributed by atoms with E-state index in [1.807, 2.05) is 0 Å². The molecule has 2 aliphatic rings. The largest absolute Gasteiger partial charge is 0.488 e. The van der Waals surface area contributed by atoms with E-state index in [1.54, 1.807) is 4.57 Å². The van der Waals surface area contributed by atoms with Crippen LogP contribution >= 0.6 is 23.8 Å². The molecule has 13 heteroatoms. The van der Waals surface area contributed by atoms with Crippen LogP contribution in [0.5, 0.6) is 0 Å². The number of imidazole rings is 1. The fourth-order valence-corrected chi connectivity index (χ4v) is 4.51. The quantitative estimate of drug-likeness (QED) is 0.404. The normalized spacial score (nSPS) is 36.1. The number of aromatic nitrogens is 4. The molecule has 4 heterocycles. The number of hydrogen-bond donors (Lipinski definition) is 2. The van der Waals surface area contributed by atoms with E-state index in [4.69, 9.17) is 31.8 Å². The van der Waals surface area contributed by atoms with Crippen molar-refractivity contribution in [3.63, 3.8) is 0 Å². The van der Waals surface area contributed by atoms with Gasteiger partial charge in [-0.1, -0.05) is 0 Å². The number of nitrogens with two attached hydrogens (primary N) is 1. The zero-order valence-electron chi connectivity index (χ0n) is 12.4. The van der Waals surface area contributed by atoms with Gasteiger partial charge in [-0.05, 0) is 15.9 Å². The molecule has 0 saturated carbocycles. The summed E-state index contributed by atoms with van der Waals surface area (Å²) in [7, 11) is 3.75. The standard InChI is InChI=1S/C11H13BBrN5O5P/c1-20-7-6-4(2-21-24(12,19)23-6)22-10(7)18-9-5(17-11(18)13)8(14)15-3-16-9/h3-4,6-7,10,19H,2H2,1H3,(H2,14,15,16)/q+1/t4-,6-,7-,10-,24?/m1/s1. The van der Waals surface area contributed by atoms with Crippen LogP contribution in [-0.2, 0) is 18.5 Å². The second-order valence-electron chi connectivity index (χ2n) is 5.38. The number of nitrogen functional groups attached to an aromatic ring is 1. The maximum Gasteiger partial charge on any atom is 0.488 e. The van der Waals surface area contributed by atoms with Gasteiger partial charge in [-0.2, -0.15) is 9.05 Å². The highest BCUT2D eigenvalue weighted by molar-refractivity contribution is 9.10. The SMILES string of the molecule is [B][P+]1(O)OC[C@H]2O[C@@H](n3c(Br)nc4c(N)ncnc43)[C@H](OC)[C@@H]2O1. The van der Waals surface area contributed by atoms with Crippen LogP contribution in [0.25, 0.3) is 11.2 Å². The molecule has 3 N–H and O–H groups in total. The Hall–Kier alpha value is -0.875. The van der Waals surface area contributed by atoms with Gasteiger partial charge < -0.3 is 15.2 Å². The molecule has 0 amide bonds. The lowest BCUT2D eigenvalue weighted by Crippen LogP contribution is -2.41. The Kier molecular flexibility index (Phi) is 4.03. The summed E-state index contributed by atoms with van der Waals surface area (Å²) in [4.78, 5) is 22.4. The Labute approximate surface area is 146 Å². The van der Waals surface area contributed by atoms with Gasteiger partial charge in [0.1, 0.15) is 25.1 Å². The van der Waals surface area contributed by atoms with Crippen molar-refractivity contribution in [1.82, 2.24) is 19.5 Å². The van der Waals surface area contributed by atoms with Crippen LogP contribution < -0.4 is 5.73 Å². The number of hydrogen-bond acceptors (Lipinski definition) is 9. The van der Waals surface area contributed by atoms with Crippen molar-refractivity contribution in [2.75, 3.05) is 19.5 Å². The van der Waals surface area contributed by atoms with Gasteiger partial charge >= 0.3 is 15.4 Å². The summed E-state index contributed by atoms with van der Waals surface area (Å²) < 4.78 is 24.3. The molecule has 2 fully saturated rings. The van der Waals surface area contributed by atoms with Crippen LogP contribution in [0.3, 0.4) is 0 Å². The fourth-order valence-electron chi connectivity index (χ4n) is 2.94. The zero-order chi connectivity index (χ0) is 17.1. The highest BCUT2D eigenvalue weighted by Gasteiger charge is 2.58. The molecule has 126 valence electrons. The number of nitrogens with zero attached hydrogens (tertiary/aromatic N) is 4. The number of methoxy groups -OCH3 is 1. The first kappa shape index (κ1) is 16.6. The Morgan fingerprint density at radius 3 is 3.08 bits per heavy atom. The van der Waals surface area contributed by atoms with Crippen molar-refractivity contribution < 1.29 is 23.4 Å². The first-order chi connectivity index (χ1) is 11.4. The van der Waals surface area contributed by atoms with Crippen molar-refractivity contribution in [2.45, 2.75) is 24.5 Å². The van der Waals surface area contributed by atoms with Crippen LogP contribution in [0, 0.1) is 0 Å². The average molecular weight is 417 g/mol. The van der Waals surface area contributed by atoms with E-state index in [-0.39, 0.29) is 12.4 Å². The van der Waals surface area contributed by atoms with Crippen LogP contribution in [0.15, 0.2) is 11.1 Å². The smallest absolute Gasteiger partial charge is 0.382 e. The van der Waals surface area contributed by atoms with Crippen LogP contribution in [0.1, 0.15) is 6.23 Å². The lowest BCUT2D eigenvalue weighted by atomic mass is 10.1. The first-order valence-electron chi connectivity index (χ1n) is 6.97. The highest BCUT2D eigenvalue weighted by atomic mass is 79.9. The molecule has 2 radical (unpaired) electrons. The number of ether oxygens (including phenoxy) is 2. The molecule has 10 nitrogen and oxygen atoms in total. The van der Waals surface area contributed by atoms with E-state index in [1.165, 1.54) is 13.4 Å². The maximum absolute atomic E-state index is 9.88. The Morgan fingerprint density at radius 2 is 2.33 bits per heavy atom. The summed E-state index contributed by atoms with van der Waals surface area (Å²) in [5.74, 6) is 0.255. The average Bonchev–Trinajstić information content (AvgIpc) is 3.03. The maximum atomic E-state index is 9.88. The molecule has 2 saturated heterocycles. The third kappa shape index (κ3) is 2.53. The third-order valence-electron chi connectivity index (χ3n) is 3.97. The molecule has 1 unspecified atom stereocenters. The topological polar surface area (TPSA) is 127 Å². The number of rotatable bonds is 2. The van der Waals surface area contributed by atoms with Gasteiger partial charge in [0.05, 0.1) is 0 Å². The number of fused-ring (bicyclic) bond motifs is 2. The summed E-state index contributed by atoms with van der Waals surface area (Å²) in [6, 6.07) is 0. The highest BCUT2D eigenvalue weighted by Crippen LogP contribution is 2.59. The Balaban J connectivity index is 1.77. The van der Waals surface area contributed by atoms with E-state index in [0.29, 0.717) is 15.9 Å². The van der Waals surface area contributed by atoms with Crippen molar-refractivity contribution in [3.05, 3.63) is 11.1 Å². The Bertz CT molecular complexity index is 793. The van der Waals surface area contributed by atoms with E-state index < -0.39 is 32.4 Å². The number of halogens is 1. The lowest BCUT2D eigenvalue weighted by Gasteiger charge is -2.29. The minimum absolute atomic E-state index is 0.100. The molecule has 0 spiro atoms. The molecule has 0 aromatic carbocycles. The minimum atomic E-state index is -3.37. The molecular formula is C11H13BBrN5O5P+. The van der Waals surface area contributed by atoms with Gasteiger partial charge in [-0.3, -0.25) is 4.57 Å². The van der Waals surface area contributed by atoms with Gasteiger partial charge in [-0.25, -0.2) is 19.8 Å². The van der Waals surface area contributed by atoms with Crippen molar-refractivity contribution in [3.8, 4) is 0 Å². The van der Waals surface area contributed by atoms with Gasteiger partial charge in [0.25, 0.3) is 0 Å². The first-order valence-corrected chi connectivity index (χ1v) is 9.40. The summed E-state index contributed by atoms with van der Waals surface area (Å²) in [6.07, 6.45) is -0.872. The van der Waals surface area contributed by atoms with Crippen molar-refractivity contribution in [1.29, 1.82) is 0 Å². The molecule has 2 aliphatic heterocycles. The molecule has 2 aromatic rings. The summed E-state index contributed by atoms with van der Waals surface area (Å²) in [6.45, 7) is 0.100. The van der Waals surface area contributed by atoms with E-state index in [2.05, 4.69) is 30.9 Å². The predicted molar refractivity (Wildman–Crippen MR) is 87.9 cm³/mol. The summed E-state index contributed by atoms with van der Waals surface area (Å²) in [5.41, 5.74) is 6.77. The van der Waals surface area contributed by atoms with Gasteiger partial charge in [0.15, 0.2) is 34.0 Å². The summed E-state index contributed by atoms with van der Waals surface area (Å²) in [5, 5.41) is 0. The van der Waals surface area contributed by atoms with Gasteiger partial charge in [0, 0.05) is 7.11 Å². The van der Waals surface area contributed by atoms with E-state index in [0.717, 1.165) is 0 Å².